The van der Waals surface area contributed by atoms with Gasteiger partial charge in [-0.3, -0.25) is 0 Å². The number of halogens is 1. The van der Waals surface area contributed by atoms with E-state index in [4.69, 9.17) is 0 Å². The molecule has 0 aliphatic heterocycles. The second kappa shape index (κ2) is 5.12. The van der Waals surface area contributed by atoms with E-state index >= 15 is 0 Å². The highest BCUT2D eigenvalue weighted by molar-refractivity contribution is 5.32. The summed E-state index contributed by atoms with van der Waals surface area (Å²) in [6, 6.07) is 7.12. The van der Waals surface area contributed by atoms with Gasteiger partial charge in [0.2, 0.25) is 5.95 Å². The first kappa shape index (κ1) is 12.5. The summed E-state index contributed by atoms with van der Waals surface area (Å²) >= 11 is 0. The third kappa shape index (κ3) is 2.83. The molecule has 0 N–H and O–H groups in total. The molecule has 1 aromatic carbocycles. The van der Waals surface area contributed by atoms with Gasteiger partial charge in [-0.2, -0.15) is 0 Å². The lowest BCUT2D eigenvalue weighted by atomic mass is 10.1. The van der Waals surface area contributed by atoms with Crippen molar-refractivity contribution in [2.75, 3.05) is 11.9 Å². The highest BCUT2D eigenvalue weighted by Crippen LogP contribution is 2.13. The number of hydrogen-bond acceptors (Lipinski definition) is 3. The zero-order valence-corrected chi connectivity index (χ0v) is 10.8. The van der Waals surface area contributed by atoms with Crippen molar-refractivity contribution in [2.24, 2.45) is 0 Å². The van der Waals surface area contributed by atoms with Crippen LogP contribution in [0.15, 0.2) is 30.5 Å². The summed E-state index contributed by atoms with van der Waals surface area (Å²) in [5.41, 5.74) is 2.49. The Morgan fingerprint density at radius 3 is 2.67 bits per heavy atom. The topological polar surface area (TPSA) is 29.0 Å². The Labute approximate surface area is 106 Å². The number of benzene rings is 1. The summed E-state index contributed by atoms with van der Waals surface area (Å²) in [6.07, 6.45) is 1.73. The first-order chi connectivity index (χ1) is 8.56. The molecule has 0 spiro atoms. The molecule has 18 heavy (non-hydrogen) atoms. The normalized spacial score (nSPS) is 10.4. The quantitative estimate of drug-likeness (QED) is 0.832. The highest BCUT2D eigenvalue weighted by atomic mass is 19.1. The fraction of sp³-hybridized carbons (Fsp3) is 0.286. The minimum Gasteiger partial charge on any atom is -0.340 e. The molecule has 2 rings (SSSR count). The van der Waals surface area contributed by atoms with E-state index < -0.39 is 0 Å². The maximum absolute atomic E-state index is 13.4. The Morgan fingerprint density at radius 1 is 1.22 bits per heavy atom. The minimum absolute atomic E-state index is 0.175. The van der Waals surface area contributed by atoms with Gasteiger partial charge in [0, 0.05) is 25.5 Å². The summed E-state index contributed by atoms with van der Waals surface area (Å²) in [5, 5.41) is 0. The lowest BCUT2D eigenvalue weighted by Gasteiger charge is -2.17. The molecule has 1 heterocycles. The van der Waals surface area contributed by atoms with Crippen LogP contribution in [0.5, 0.6) is 0 Å². The number of anilines is 1. The van der Waals surface area contributed by atoms with Crippen LogP contribution in [0.2, 0.25) is 0 Å². The molecular formula is C14H16FN3. The molecule has 0 radical (unpaired) electrons. The van der Waals surface area contributed by atoms with Crippen molar-refractivity contribution in [3.63, 3.8) is 0 Å². The van der Waals surface area contributed by atoms with Crippen molar-refractivity contribution in [2.45, 2.75) is 20.4 Å². The van der Waals surface area contributed by atoms with Crippen LogP contribution >= 0.6 is 0 Å². The molecule has 2 aromatic rings. The van der Waals surface area contributed by atoms with Gasteiger partial charge in [-0.25, -0.2) is 14.4 Å². The molecule has 0 saturated heterocycles. The van der Waals surface area contributed by atoms with Crippen molar-refractivity contribution in [1.82, 2.24) is 9.97 Å². The second-order valence-corrected chi connectivity index (χ2v) is 4.44. The second-order valence-electron chi connectivity index (χ2n) is 4.44. The number of rotatable bonds is 3. The summed E-state index contributed by atoms with van der Waals surface area (Å²) in [7, 11) is 1.90. The maximum Gasteiger partial charge on any atom is 0.225 e. The van der Waals surface area contributed by atoms with Crippen LogP contribution in [0.25, 0.3) is 0 Å². The predicted octanol–water partition coefficient (Wildman–Crippen LogP) is 2.87. The highest BCUT2D eigenvalue weighted by Gasteiger charge is 2.06. The van der Waals surface area contributed by atoms with Gasteiger partial charge in [-0.15, -0.1) is 0 Å². The molecule has 0 unspecified atom stereocenters. The zero-order chi connectivity index (χ0) is 13.1. The summed E-state index contributed by atoms with van der Waals surface area (Å²) < 4.78 is 13.4. The molecule has 0 amide bonds. The Bertz CT molecular complexity index is 554. The van der Waals surface area contributed by atoms with Crippen molar-refractivity contribution in [3.05, 3.63) is 53.1 Å². The van der Waals surface area contributed by atoms with Gasteiger partial charge >= 0.3 is 0 Å². The van der Waals surface area contributed by atoms with E-state index in [0.29, 0.717) is 18.1 Å². The average Bonchev–Trinajstić information content (AvgIpc) is 2.34. The molecule has 0 bridgehead atoms. The number of hydrogen-bond donors (Lipinski definition) is 0. The zero-order valence-electron chi connectivity index (χ0n) is 10.8. The Balaban J connectivity index is 2.16. The Hall–Kier alpha value is -1.97. The molecule has 0 atom stereocenters. The van der Waals surface area contributed by atoms with Gasteiger partial charge in [-0.05, 0) is 37.1 Å². The van der Waals surface area contributed by atoms with Crippen LogP contribution in [0.1, 0.15) is 16.8 Å². The van der Waals surface area contributed by atoms with Crippen LogP contribution in [-0.4, -0.2) is 17.0 Å². The van der Waals surface area contributed by atoms with Crippen LogP contribution in [0.3, 0.4) is 0 Å². The van der Waals surface area contributed by atoms with E-state index in [1.807, 2.05) is 31.0 Å². The standard InChI is InChI=1S/C14H16FN3/c1-10-4-5-12(8-13(10)15)9-18(3)14-16-7-6-11(2)17-14/h4-8H,9H2,1-3H3. The molecule has 0 aliphatic carbocycles. The summed E-state index contributed by atoms with van der Waals surface area (Å²) in [4.78, 5) is 10.4. The number of nitrogens with zero attached hydrogens (tertiary/aromatic N) is 3. The van der Waals surface area contributed by atoms with Crippen molar-refractivity contribution in [3.8, 4) is 0 Å². The van der Waals surface area contributed by atoms with Gasteiger partial charge in [0.1, 0.15) is 5.82 Å². The monoisotopic (exact) mass is 245 g/mol. The maximum atomic E-state index is 13.4. The number of aromatic nitrogens is 2. The van der Waals surface area contributed by atoms with E-state index in [1.165, 1.54) is 0 Å². The third-order valence-corrected chi connectivity index (χ3v) is 2.78. The SMILES string of the molecule is Cc1ccnc(N(C)Cc2ccc(C)c(F)c2)n1. The molecule has 1 aromatic heterocycles. The third-order valence-electron chi connectivity index (χ3n) is 2.78. The van der Waals surface area contributed by atoms with Crippen LogP contribution in [0, 0.1) is 19.7 Å². The van der Waals surface area contributed by atoms with Crippen molar-refractivity contribution >= 4 is 5.95 Å². The number of aryl methyl sites for hydroxylation is 2. The van der Waals surface area contributed by atoms with Crippen molar-refractivity contribution in [1.29, 1.82) is 0 Å². The van der Waals surface area contributed by atoms with Gasteiger partial charge in [0.05, 0.1) is 0 Å². The minimum atomic E-state index is -0.175. The lowest BCUT2D eigenvalue weighted by Crippen LogP contribution is -2.19. The van der Waals surface area contributed by atoms with Gasteiger partial charge in [0.25, 0.3) is 0 Å². The van der Waals surface area contributed by atoms with Crippen LogP contribution in [0.4, 0.5) is 10.3 Å². The molecule has 0 aliphatic rings. The molecular weight excluding hydrogens is 229 g/mol. The summed E-state index contributed by atoms with van der Waals surface area (Å²) in [6.45, 7) is 4.26. The van der Waals surface area contributed by atoms with E-state index in [2.05, 4.69) is 9.97 Å². The first-order valence-electron chi connectivity index (χ1n) is 5.82. The fourth-order valence-corrected chi connectivity index (χ4v) is 1.70. The first-order valence-corrected chi connectivity index (χ1v) is 5.82. The van der Waals surface area contributed by atoms with E-state index in [-0.39, 0.29) is 5.82 Å². The molecule has 94 valence electrons. The Morgan fingerprint density at radius 2 is 2.00 bits per heavy atom. The smallest absolute Gasteiger partial charge is 0.225 e. The van der Waals surface area contributed by atoms with E-state index in [0.717, 1.165) is 11.3 Å². The summed E-state index contributed by atoms with van der Waals surface area (Å²) in [5.74, 6) is 0.474. The van der Waals surface area contributed by atoms with E-state index in [9.17, 15) is 4.39 Å². The largest absolute Gasteiger partial charge is 0.340 e. The molecule has 3 nitrogen and oxygen atoms in total. The average molecular weight is 245 g/mol. The van der Waals surface area contributed by atoms with E-state index in [1.54, 1.807) is 25.3 Å². The van der Waals surface area contributed by atoms with Gasteiger partial charge < -0.3 is 4.90 Å². The van der Waals surface area contributed by atoms with Crippen LogP contribution < -0.4 is 4.90 Å². The Kier molecular flexibility index (Phi) is 3.55. The molecule has 4 heteroatoms. The molecule has 0 saturated carbocycles. The van der Waals surface area contributed by atoms with Gasteiger partial charge in [-0.1, -0.05) is 12.1 Å². The lowest BCUT2D eigenvalue weighted by molar-refractivity contribution is 0.615. The predicted molar refractivity (Wildman–Crippen MR) is 70.0 cm³/mol. The van der Waals surface area contributed by atoms with Crippen molar-refractivity contribution < 1.29 is 4.39 Å². The fourth-order valence-electron chi connectivity index (χ4n) is 1.70. The van der Waals surface area contributed by atoms with Crippen LogP contribution in [-0.2, 0) is 6.54 Å². The molecule has 0 fully saturated rings. The van der Waals surface area contributed by atoms with Gasteiger partial charge in [0.15, 0.2) is 0 Å².